The van der Waals surface area contributed by atoms with Crippen LogP contribution >= 0.6 is 11.6 Å². The Morgan fingerprint density at radius 2 is 1.50 bits per heavy atom. The van der Waals surface area contributed by atoms with E-state index in [0.717, 1.165) is 22.1 Å². The molecule has 2 nitrogen and oxygen atoms in total. The molecule has 0 fully saturated rings. The predicted octanol–water partition coefficient (Wildman–Crippen LogP) is 3.94. The van der Waals surface area contributed by atoms with E-state index >= 15 is 0 Å². The number of hydrogen-bond acceptors (Lipinski definition) is 2. The molecule has 4 heteroatoms. The van der Waals surface area contributed by atoms with E-state index in [2.05, 4.69) is 6.92 Å². The van der Waals surface area contributed by atoms with Gasteiger partial charge in [-0.15, -0.1) is 0 Å². The third kappa shape index (κ3) is 2.06. The summed E-state index contributed by atoms with van der Waals surface area (Å²) in [5, 5.41) is 0.738. The zero-order chi connectivity index (χ0) is 12.5. The molecule has 0 saturated heterocycles. The van der Waals surface area contributed by atoms with Crippen LogP contribution in [0.15, 0.2) is 48.5 Å². The molecular formula is C14H12BClO2. The minimum atomic E-state index is -0.274. The van der Waals surface area contributed by atoms with Gasteiger partial charge in [-0.1, -0.05) is 42.8 Å². The molecule has 0 radical (unpaired) electrons. The van der Waals surface area contributed by atoms with E-state index < -0.39 is 0 Å². The summed E-state index contributed by atoms with van der Waals surface area (Å²) in [6.07, 6.45) is 0. The van der Waals surface area contributed by atoms with E-state index in [9.17, 15) is 0 Å². The minimum Gasteiger partial charge on any atom is -0.523 e. The van der Waals surface area contributed by atoms with Gasteiger partial charge in [0.2, 0.25) is 0 Å². The predicted molar refractivity (Wildman–Crippen MR) is 73.3 cm³/mol. The molecule has 1 atom stereocenters. The normalized spacial score (nSPS) is 14.7. The Bertz CT molecular complexity index is 531. The van der Waals surface area contributed by atoms with Crippen molar-refractivity contribution >= 4 is 18.7 Å². The van der Waals surface area contributed by atoms with Crippen molar-refractivity contribution < 1.29 is 9.31 Å². The Morgan fingerprint density at radius 1 is 0.944 bits per heavy atom. The molecule has 1 heterocycles. The summed E-state index contributed by atoms with van der Waals surface area (Å²) in [7, 11) is -0.274. The molecule has 0 spiro atoms. The number of fused-ring (bicyclic) bond motifs is 1. The Kier molecular flexibility index (Phi) is 2.92. The fraction of sp³-hybridized carbons (Fsp3) is 0.143. The van der Waals surface area contributed by atoms with Crippen molar-refractivity contribution in [3.05, 3.63) is 59.1 Å². The summed E-state index contributed by atoms with van der Waals surface area (Å²) in [5.74, 6) is 1.77. The van der Waals surface area contributed by atoms with Crippen molar-refractivity contribution in [2.24, 2.45) is 0 Å². The molecule has 0 amide bonds. The molecule has 0 aromatic heterocycles. The van der Waals surface area contributed by atoms with Gasteiger partial charge in [-0.2, -0.15) is 0 Å². The smallest absolute Gasteiger partial charge is 0.523 e. The Labute approximate surface area is 112 Å². The summed E-state index contributed by atoms with van der Waals surface area (Å²) in [4.78, 5) is 0. The van der Waals surface area contributed by atoms with Crippen LogP contribution in [0.25, 0.3) is 0 Å². The molecule has 0 saturated carbocycles. The average Bonchev–Trinajstić information content (AvgIpc) is 2.82. The van der Waals surface area contributed by atoms with Gasteiger partial charge in [-0.3, -0.25) is 0 Å². The highest BCUT2D eigenvalue weighted by molar-refractivity contribution is 6.49. The summed E-state index contributed by atoms with van der Waals surface area (Å²) < 4.78 is 11.6. The third-order valence-electron chi connectivity index (χ3n) is 3.14. The topological polar surface area (TPSA) is 18.5 Å². The molecule has 1 aliphatic rings. The first-order chi connectivity index (χ1) is 8.74. The summed E-state index contributed by atoms with van der Waals surface area (Å²) in [6.45, 7) is 2.08. The summed E-state index contributed by atoms with van der Waals surface area (Å²) >= 11 is 5.89. The third-order valence-corrected chi connectivity index (χ3v) is 3.39. The largest absolute Gasteiger partial charge is 0.602 e. The second kappa shape index (κ2) is 4.58. The van der Waals surface area contributed by atoms with Crippen molar-refractivity contribution in [3.63, 3.8) is 0 Å². The quantitative estimate of drug-likeness (QED) is 0.760. The second-order valence-corrected chi connectivity index (χ2v) is 4.83. The first kappa shape index (κ1) is 11.5. The fourth-order valence-corrected chi connectivity index (χ4v) is 2.17. The fourth-order valence-electron chi connectivity index (χ4n) is 2.05. The highest BCUT2D eigenvalue weighted by atomic mass is 35.5. The zero-order valence-corrected chi connectivity index (χ0v) is 10.7. The van der Waals surface area contributed by atoms with E-state index in [1.807, 2.05) is 48.5 Å². The van der Waals surface area contributed by atoms with Crippen LogP contribution in [-0.4, -0.2) is 7.12 Å². The van der Waals surface area contributed by atoms with E-state index in [1.54, 1.807) is 0 Å². The molecule has 90 valence electrons. The van der Waals surface area contributed by atoms with Crippen LogP contribution in [0.1, 0.15) is 18.3 Å². The van der Waals surface area contributed by atoms with Gasteiger partial charge in [0.05, 0.1) is 0 Å². The van der Waals surface area contributed by atoms with Crippen molar-refractivity contribution in [1.29, 1.82) is 0 Å². The lowest BCUT2D eigenvalue weighted by atomic mass is 9.69. The lowest BCUT2D eigenvalue weighted by molar-refractivity contribution is 0.480. The van der Waals surface area contributed by atoms with Crippen molar-refractivity contribution in [2.45, 2.75) is 12.7 Å². The number of para-hydroxylation sites is 2. The van der Waals surface area contributed by atoms with Gasteiger partial charge in [0.25, 0.3) is 0 Å². The van der Waals surface area contributed by atoms with E-state index in [4.69, 9.17) is 20.9 Å². The van der Waals surface area contributed by atoms with E-state index in [1.165, 1.54) is 0 Å². The summed E-state index contributed by atoms with van der Waals surface area (Å²) in [5.41, 5.74) is 1.15. The van der Waals surface area contributed by atoms with Crippen molar-refractivity contribution in [2.75, 3.05) is 0 Å². The molecule has 1 aliphatic heterocycles. The van der Waals surface area contributed by atoms with Gasteiger partial charge < -0.3 is 9.31 Å². The van der Waals surface area contributed by atoms with Crippen LogP contribution in [-0.2, 0) is 0 Å². The molecule has 0 aliphatic carbocycles. The van der Waals surface area contributed by atoms with Crippen LogP contribution < -0.4 is 9.31 Å². The standard InChI is InChI=1S/C14H12BClO2/c1-10(11-6-8-12(16)9-7-11)15-17-13-4-2-3-5-14(13)18-15/h2-10H,1H3/t10-/m0/s1. The first-order valence-electron chi connectivity index (χ1n) is 5.92. The van der Waals surface area contributed by atoms with Crippen molar-refractivity contribution in [3.8, 4) is 11.5 Å². The highest BCUT2D eigenvalue weighted by Crippen LogP contribution is 2.36. The Morgan fingerprint density at radius 3 is 2.06 bits per heavy atom. The SMILES string of the molecule is C[C@H](B1Oc2ccccc2O1)c1ccc(Cl)cc1. The number of benzene rings is 2. The van der Waals surface area contributed by atoms with Gasteiger partial charge in [-0.25, -0.2) is 0 Å². The maximum absolute atomic E-state index is 5.89. The van der Waals surface area contributed by atoms with E-state index in [0.29, 0.717) is 0 Å². The van der Waals surface area contributed by atoms with Crippen molar-refractivity contribution in [1.82, 2.24) is 0 Å². The number of halogens is 1. The lowest BCUT2D eigenvalue weighted by Gasteiger charge is -2.13. The van der Waals surface area contributed by atoms with Gasteiger partial charge in [0.1, 0.15) is 11.5 Å². The molecule has 2 aromatic carbocycles. The molecule has 18 heavy (non-hydrogen) atoms. The highest BCUT2D eigenvalue weighted by Gasteiger charge is 2.38. The number of rotatable bonds is 2. The van der Waals surface area contributed by atoms with Crippen LogP contribution in [0, 0.1) is 0 Å². The molecule has 3 rings (SSSR count). The Hall–Kier alpha value is -1.61. The number of hydrogen-bond donors (Lipinski definition) is 0. The maximum Gasteiger partial charge on any atom is 0.602 e. The molecule has 0 N–H and O–H groups in total. The van der Waals surface area contributed by atoms with Gasteiger partial charge in [0, 0.05) is 10.8 Å². The molecular weight excluding hydrogens is 246 g/mol. The van der Waals surface area contributed by atoms with Crippen LogP contribution in [0.2, 0.25) is 5.02 Å². The monoisotopic (exact) mass is 258 g/mol. The van der Waals surface area contributed by atoms with Gasteiger partial charge in [0.15, 0.2) is 0 Å². The average molecular weight is 259 g/mol. The van der Waals surface area contributed by atoms with E-state index in [-0.39, 0.29) is 12.9 Å². The second-order valence-electron chi connectivity index (χ2n) is 4.39. The van der Waals surface area contributed by atoms with Gasteiger partial charge in [-0.05, 0) is 29.8 Å². The van der Waals surface area contributed by atoms with Crippen LogP contribution in [0.4, 0.5) is 0 Å². The Balaban J connectivity index is 1.80. The lowest BCUT2D eigenvalue weighted by Crippen LogP contribution is -2.31. The molecule has 0 bridgehead atoms. The zero-order valence-electron chi connectivity index (χ0n) is 9.97. The minimum absolute atomic E-state index is 0.148. The summed E-state index contributed by atoms with van der Waals surface area (Å²) in [6, 6.07) is 15.5. The van der Waals surface area contributed by atoms with Crippen LogP contribution in [0.5, 0.6) is 11.5 Å². The van der Waals surface area contributed by atoms with Crippen LogP contribution in [0.3, 0.4) is 0 Å². The van der Waals surface area contributed by atoms with Gasteiger partial charge >= 0.3 is 7.12 Å². The molecule has 2 aromatic rings. The first-order valence-corrected chi connectivity index (χ1v) is 6.29. The molecule has 0 unspecified atom stereocenters. The maximum atomic E-state index is 5.89.